The van der Waals surface area contributed by atoms with E-state index in [9.17, 15) is 9.59 Å². The van der Waals surface area contributed by atoms with Crippen molar-refractivity contribution in [3.8, 4) is 0 Å². The van der Waals surface area contributed by atoms with E-state index in [0.29, 0.717) is 17.3 Å². The van der Waals surface area contributed by atoms with E-state index in [1.54, 1.807) is 6.07 Å². The Bertz CT molecular complexity index is 554. The zero-order valence-electron chi connectivity index (χ0n) is 12.9. The predicted octanol–water partition coefficient (Wildman–Crippen LogP) is 2.47. The first-order valence-corrected chi connectivity index (χ1v) is 7.73. The lowest BCUT2D eigenvalue weighted by Gasteiger charge is -2.30. The van der Waals surface area contributed by atoms with Gasteiger partial charge in [-0.05, 0) is 50.6 Å². The van der Waals surface area contributed by atoms with Gasteiger partial charge >= 0.3 is 5.97 Å². The molecule has 5 nitrogen and oxygen atoms in total. The first-order chi connectivity index (χ1) is 10.5. The van der Waals surface area contributed by atoms with E-state index in [-0.39, 0.29) is 17.8 Å². The fourth-order valence-corrected chi connectivity index (χ4v) is 2.89. The number of anilines is 1. The Morgan fingerprint density at radius 3 is 2.64 bits per heavy atom. The van der Waals surface area contributed by atoms with Crippen molar-refractivity contribution in [1.82, 2.24) is 4.90 Å². The zero-order valence-corrected chi connectivity index (χ0v) is 13.7. The van der Waals surface area contributed by atoms with Gasteiger partial charge in [0.15, 0.2) is 0 Å². The maximum absolute atomic E-state index is 12.1. The monoisotopic (exact) mass is 324 g/mol. The van der Waals surface area contributed by atoms with Gasteiger partial charge in [-0.1, -0.05) is 17.7 Å². The quantitative estimate of drug-likeness (QED) is 0.864. The molecule has 0 unspecified atom stereocenters. The van der Waals surface area contributed by atoms with E-state index in [0.717, 1.165) is 31.5 Å². The van der Waals surface area contributed by atoms with Crippen LogP contribution in [0.3, 0.4) is 0 Å². The van der Waals surface area contributed by atoms with E-state index in [4.69, 9.17) is 16.3 Å². The summed E-state index contributed by atoms with van der Waals surface area (Å²) in [5.41, 5.74) is 1.68. The van der Waals surface area contributed by atoms with Crippen LogP contribution in [0.25, 0.3) is 0 Å². The first kappa shape index (κ1) is 16.8. The number of rotatable bonds is 4. The minimum absolute atomic E-state index is 0.0455. The second-order valence-electron chi connectivity index (χ2n) is 5.61. The van der Waals surface area contributed by atoms with Crippen molar-refractivity contribution in [2.75, 3.05) is 32.1 Å². The zero-order chi connectivity index (χ0) is 16.1. The molecule has 0 saturated carbocycles. The minimum Gasteiger partial charge on any atom is -0.469 e. The maximum atomic E-state index is 12.1. The summed E-state index contributed by atoms with van der Waals surface area (Å²) in [5.74, 6) is -0.298. The lowest BCUT2D eigenvalue weighted by atomic mass is 9.97. The fourth-order valence-electron chi connectivity index (χ4n) is 2.61. The van der Waals surface area contributed by atoms with Gasteiger partial charge in [0.2, 0.25) is 5.91 Å². The molecule has 1 fully saturated rings. The van der Waals surface area contributed by atoms with E-state index < -0.39 is 0 Å². The molecule has 0 atom stereocenters. The molecule has 0 aliphatic carbocycles. The largest absolute Gasteiger partial charge is 0.469 e. The number of nitrogens with zero attached hydrogens (tertiary/aromatic N) is 1. The first-order valence-electron chi connectivity index (χ1n) is 7.36. The number of halogens is 1. The summed E-state index contributed by atoms with van der Waals surface area (Å²) in [6.45, 7) is 3.69. The van der Waals surface area contributed by atoms with Crippen LogP contribution in [-0.4, -0.2) is 43.5 Å². The molecule has 0 radical (unpaired) electrons. The molecule has 1 heterocycles. The van der Waals surface area contributed by atoms with Crippen LogP contribution in [0.1, 0.15) is 18.4 Å². The third-order valence-electron chi connectivity index (χ3n) is 3.89. The molecule has 2 rings (SSSR count). The van der Waals surface area contributed by atoms with Crippen LogP contribution in [-0.2, 0) is 14.3 Å². The van der Waals surface area contributed by atoms with Gasteiger partial charge in [0.05, 0.1) is 30.3 Å². The standard InChI is InChI=1S/C16H21ClN2O3/c1-11-3-4-14(13(17)9-11)18-15(20)10-19-7-5-12(6-8-19)16(21)22-2/h3-4,9,12H,5-8,10H2,1-2H3,(H,18,20). The molecule has 6 heteroatoms. The lowest BCUT2D eigenvalue weighted by Crippen LogP contribution is -2.41. The molecule has 1 aromatic rings. The Morgan fingerprint density at radius 1 is 1.36 bits per heavy atom. The van der Waals surface area contributed by atoms with Crippen molar-refractivity contribution in [2.45, 2.75) is 19.8 Å². The highest BCUT2D eigenvalue weighted by molar-refractivity contribution is 6.33. The SMILES string of the molecule is COC(=O)C1CCN(CC(=O)Nc2ccc(C)cc2Cl)CC1. The number of aryl methyl sites for hydroxylation is 1. The third-order valence-corrected chi connectivity index (χ3v) is 4.20. The summed E-state index contributed by atoms with van der Waals surface area (Å²) in [5, 5.41) is 3.37. The van der Waals surface area contributed by atoms with Crippen LogP contribution in [0.5, 0.6) is 0 Å². The van der Waals surface area contributed by atoms with E-state index in [1.807, 2.05) is 24.0 Å². The van der Waals surface area contributed by atoms with E-state index in [1.165, 1.54) is 7.11 Å². The van der Waals surface area contributed by atoms with Crippen LogP contribution in [0.4, 0.5) is 5.69 Å². The molecule has 1 amide bonds. The average molecular weight is 325 g/mol. The number of ether oxygens (including phenoxy) is 1. The summed E-state index contributed by atoms with van der Waals surface area (Å²) in [7, 11) is 1.41. The predicted molar refractivity (Wildman–Crippen MR) is 86.0 cm³/mol. The number of esters is 1. The molecule has 0 spiro atoms. The van der Waals surface area contributed by atoms with Crippen molar-refractivity contribution >= 4 is 29.2 Å². The van der Waals surface area contributed by atoms with Gasteiger partial charge < -0.3 is 10.1 Å². The Kier molecular flexibility index (Phi) is 5.80. The van der Waals surface area contributed by atoms with Gasteiger partial charge in [0, 0.05) is 0 Å². The van der Waals surface area contributed by atoms with Crippen LogP contribution < -0.4 is 5.32 Å². The average Bonchev–Trinajstić information content (AvgIpc) is 2.50. The molecule has 1 aliphatic rings. The highest BCUT2D eigenvalue weighted by atomic mass is 35.5. The third kappa shape index (κ3) is 4.45. The number of carbonyl (C=O) groups is 2. The molecule has 1 saturated heterocycles. The number of amides is 1. The number of methoxy groups -OCH3 is 1. The molecule has 120 valence electrons. The molecule has 0 aromatic heterocycles. The Morgan fingerprint density at radius 2 is 2.05 bits per heavy atom. The van der Waals surface area contributed by atoms with Crippen LogP contribution in [0.2, 0.25) is 5.02 Å². The number of piperidine rings is 1. The number of likely N-dealkylation sites (tertiary alicyclic amines) is 1. The highest BCUT2D eigenvalue weighted by Crippen LogP contribution is 2.23. The number of benzene rings is 1. The Labute approximate surface area is 135 Å². The second kappa shape index (κ2) is 7.61. The van der Waals surface area contributed by atoms with Gasteiger partial charge in [-0.15, -0.1) is 0 Å². The van der Waals surface area contributed by atoms with Crippen LogP contribution in [0, 0.1) is 12.8 Å². The van der Waals surface area contributed by atoms with Crippen molar-refractivity contribution in [3.63, 3.8) is 0 Å². The van der Waals surface area contributed by atoms with Crippen molar-refractivity contribution in [3.05, 3.63) is 28.8 Å². The van der Waals surface area contributed by atoms with Crippen molar-refractivity contribution < 1.29 is 14.3 Å². The summed E-state index contributed by atoms with van der Waals surface area (Å²) < 4.78 is 4.76. The van der Waals surface area contributed by atoms with Crippen molar-refractivity contribution in [2.24, 2.45) is 5.92 Å². The fraction of sp³-hybridized carbons (Fsp3) is 0.500. The molecule has 1 aliphatic heterocycles. The van der Waals surface area contributed by atoms with E-state index >= 15 is 0 Å². The van der Waals surface area contributed by atoms with Crippen LogP contribution in [0.15, 0.2) is 18.2 Å². The number of nitrogens with one attached hydrogen (secondary N) is 1. The van der Waals surface area contributed by atoms with E-state index in [2.05, 4.69) is 5.32 Å². The number of hydrogen-bond donors (Lipinski definition) is 1. The lowest BCUT2D eigenvalue weighted by molar-refractivity contribution is -0.147. The molecule has 1 N–H and O–H groups in total. The molecule has 22 heavy (non-hydrogen) atoms. The van der Waals surface area contributed by atoms with Crippen LogP contribution >= 0.6 is 11.6 Å². The number of hydrogen-bond acceptors (Lipinski definition) is 4. The van der Waals surface area contributed by atoms with Gasteiger partial charge in [-0.25, -0.2) is 0 Å². The van der Waals surface area contributed by atoms with Gasteiger partial charge in [-0.3, -0.25) is 14.5 Å². The van der Waals surface area contributed by atoms with Crippen molar-refractivity contribution in [1.29, 1.82) is 0 Å². The maximum Gasteiger partial charge on any atom is 0.308 e. The Balaban J connectivity index is 1.82. The summed E-state index contributed by atoms with van der Waals surface area (Å²) in [4.78, 5) is 25.6. The minimum atomic E-state index is -0.157. The normalized spacial score (nSPS) is 16.3. The number of carbonyl (C=O) groups excluding carboxylic acids is 2. The van der Waals surface area contributed by atoms with Gasteiger partial charge in [0.1, 0.15) is 0 Å². The highest BCUT2D eigenvalue weighted by Gasteiger charge is 2.26. The molecular formula is C16H21ClN2O3. The summed E-state index contributed by atoms with van der Waals surface area (Å²) in [6.07, 6.45) is 1.45. The van der Waals surface area contributed by atoms with Gasteiger partial charge in [0.25, 0.3) is 0 Å². The van der Waals surface area contributed by atoms with Gasteiger partial charge in [-0.2, -0.15) is 0 Å². The molecule has 1 aromatic carbocycles. The summed E-state index contributed by atoms with van der Waals surface area (Å²) in [6, 6.07) is 5.53. The summed E-state index contributed by atoms with van der Waals surface area (Å²) >= 11 is 6.11. The molecular weight excluding hydrogens is 304 g/mol. The second-order valence-corrected chi connectivity index (χ2v) is 6.01. The Hall–Kier alpha value is -1.59. The smallest absolute Gasteiger partial charge is 0.308 e. The molecule has 0 bridgehead atoms. The topological polar surface area (TPSA) is 58.6 Å².